The number of carbonyl (C=O) groups excluding carboxylic acids is 1. The lowest BCUT2D eigenvalue weighted by Crippen LogP contribution is -2.10. The molecule has 0 N–H and O–H groups in total. The topological polar surface area (TPSA) is 74.5 Å². The highest BCUT2D eigenvalue weighted by Gasteiger charge is 2.14. The van der Waals surface area contributed by atoms with Gasteiger partial charge in [0.2, 0.25) is 11.8 Å². The van der Waals surface area contributed by atoms with Gasteiger partial charge < -0.3 is 13.9 Å². The Bertz CT molecular complexity index is 827. The number of aromatic nitrogens is 2. The van der Waals surface area contributed by atoms with Gasteiger partial charge in [0.1, 0.15) is 0 Å². The molecule has 3 rings (SSSR count). The van der Waals surface area contributed by atoms with E-state index >= 15 is 0 Å². The van der Waals surface area contributed by atoms with Crippen LogP contribution in [0.1, 0.15) is 17.9 Å². The summed E-state index contributed by atoms with van der Waals surface area (Å²) >= 11 is 1.55. The van der Waals surface area contributed by atoms with E-state index < -0.39 is 0 Å². The third kappa shape index (κ3) is 3.80. The number of esters is 1. The van der Waals surface area contributed by atoms with Crippen molar-refractivity contribution in [3.63, 3.8) is 0 Å². The standard InChI is InChI=1S/C17H16N2O4S/c1-11-3-4-13(14(9-11)21-2)22-16(20)6-5-15-18-19-17(23-15)12-7-8-24-10-12/h3-4,7-10H,5-6H2,1-2H3. The van der Waals surface area contributed by atoms with Gasteiger partial charge in [-0.25, -0.2) is 0 Å². The first kappa shape index (κ1) is 16.2. The summed E-state index contributed by atoms with van der Waals surface area (Å²) in [7, 11) is 1.54. The summed E-state index contributed by atoms with van der Waals surface area (Å²) < 4.78 is 16.1. The average Bonchev–Trinajstić information content (AvgIpc) is 3.25. The highest BCUT2D eigenvalue weighted by Crippen LogP contribution is 2.28. The largest absolute Gasteiger partial charge is 0.493 e. The fraction of sp³-hybridized carbons (Fsp3) is 0.235. The maximum atomic E-state index is 12.0. The first-order valence-corrected chi connectivity index (χ1v) is 8.30. The Morgan fingerprint density at radius 1 is 1.25 bits per heavy atom. The minimum absolute atomic E-state index is 0.141. The first-order valence-electron chi connectivity index (χ1n) is 7.36. The predicted molar refractivity (Wildman–Crippen MR) is 89.3 cm³/mol. The first-order chi connectivity index (χ1) is 11.7. The molecule has 2 heterocycles. The molecule has 124 valence electrons. The Labute approximate surface area is 143 Å². The second kappa shape index (κ2) is 7.27. The highest BCUT2D eigenvalue weighted by molar-refractivity contribution is 7.08. The molecule has 0 saturated carbocycles. The summed E-state index contributed by atoms with van der Waals surface area (Å²) in [5, 5.41) is 11.8. The fourth-order valence-corrected chi connectivity index (χ4v) is 2.73. The van der Waals surface area contributed by atoms with Gasteiger partial charge >= 0.3 is 5.97 Å². The van der Waals surface area contributed by atoms with Crippen molar-refractivity contribution >= 4 is 17.3 Å². The molecule has 0 fully saturated rings. The van der Waals surface area contributed by atoms with Crippen LogP contribution in [0.25, 0.3) is 11.5 Å². The molecule has 0 spiro atoms. The van der Waals surface area contributed by atoms with E-state index in [1.54, 1.807) is 17.4 Å². The minimum Gasteiger partial charge on any atom is -0.493 e. The molecule has 7 heteroatoms. The van der Waals surface area contributed by atoms with Crippen molar-refractivity contribution in [3.05, 3.63) is 46.5 Å². The molecule has 2 aromatic heterocycles. The molecule has 0 aliphatic rings. The normalized spacial score (nSPS) is 10.6. The maximum absolute atomic E-state index is 12.0. The van der Waals surface area contributed by atoms with Crippen LogP contribution in [0.2, 0.25) is 0 Å². The Kier molecular flexibility index (Phi) is 4.90. The summed E-state index contributed by atoms with van der Waals surface area (Å²) in [6.07, 6.45) is 0.465. The van der Waals surface area contributed by atoms with E-state index in [-0.39, 0.29) is 12.4 Å². The van der Waals surface area contributed by atoms with Gasteiger partial charge in [0.15, 0.2) is 11.5 Å². The third-order valence-electron chi connectivity index (χ3n) is 3.32. The molecule has 0 aliphatic heterocycles. The number of ether oxygens (including phenoxy) is 2. The molecule has 0 radical (unpaired) electrons. The van der Waals surface area contributed by atoms with Crippen LogP contribution in [0.5, 0.6) is 11.5 Å². The zero-order chi connectivity index (χ0) is 16.9. The maximum Gasteiger partial charge on any atom is 0.311 e. The molecular weight excluding hydrogens is 328 g/mol. The summed E-state index contributed by atoms with van der Waals surface area (Å²) in [4.78, 5) is 12.0. The van der Waals surface area contributed by atoms with Gasteiger partial charge in [-0.2, -0.15) is 11.3 Å². The third-order valence-corrected chi connectivity index (χ3v) is 4.00. The lowest BCUT2D eigenvalue weighted by atomic mass is 10.2. The quantitative estimate of drug-likeness (QED) is 0.502. The zero-order valence-electron chi connectivity index (χ0n) is 13.3. The van der Waals surface area contributed by atoms with Gasteiger partial charge in [-0.05, 0) is 36.1 Å². The van der Waals surface area contributed by atoms with Crippen molar-refractivity contribution < 1.29 is 18.7 Å². The van der Waals surface area contributed by atoms with Gasteiger partial charge in [-0.1, -0.05) is 6.07 Å². The van der Waals surface area contributed by atoms with Gasteiger partial charge in [0.05, 0.1) is 13.5 Å². The molecular formula is C17H16N2O4S. The van der Waals surface area contributed by atoms with Gasteiger partial charge in [-0.3, -0.25) is 4.79 Å². The van der Waals surface area contributed by atoms with E-state index in [4.69, 9.17) is 13.9 Å². The van der Waals surface area contributed by atoms with E-state index in [2.05, 4.69) is 10.2 Å². The minimum atomic E-state index is -0.382. The van der Waals surface area contributed by atoms with Crippen molar-refractivity contribution in [1.29, 1.82) is 0 Å². The van der Waals surface area contributed by atoms with E-state index in [0.29, 0.717) is 29.7 Å². The Morgan fingerprint density at radius 3 is 2.88 bits per heavy atom. The number of nitrogens with zero attached hydrogens (tertiary/aromatic N) is 2. The molecule has 0 aliphatic carbocycles. The Morgan fingerprint density at radius 2 is 2.12 bits per heavy atom. The number of aryl methyl sites for hydroxylation is 2. The molecule has 0 bridgehead atoms. The van der Waals surface area contributed by atoms with Crippen LogP contribution >= 0.6 is 11.3 Å². The number of carbonyl (C=O) groups is 1. The van der Waals surface area contributed by atoms with E-state index in [1.165, 1.54) is 7.11 Å². The van der Waals surface area contributed by atoms with E-state index in [0.717, 1.165) is 11.1 Å². The number of benzene rings is 1. The van der Waals surface area contributed by atoms with Crippen LogP contribution in [0, 0.1) is 6.92 Å². The second-order valence-corrected chi connectivity index (χ2v) is 5.92. The zero-order valence-corrected chi connectivity index (χ0v) is 14.1. The fourth-order valence-electron chi connectivity index (χ4n) is 2.10. The van der Waals surface area contributed by atoms with Gasteiger partial charge in [-0.15, -0.1) is 10.2 Å². The van der Waals surface area contributed by atoms with E-state index in [9.17, 15) is 4.79 Å². The molecule has 3 aromatic rings. The molecule has 24 heavy (non-hydrogen) atoms. The lowest BCUT2D eigenvalue weighted by Gasteiger charge is -2.09. The monoisotopic (exact) mass is 344 g/mol. The molecule has 0 saturated heterocycles. The van der Waals surface area contributed by atoms with E-state index in [1.807, 2.05) is 35.9 Å². The predicted octanol–water partition coefficient (Wildman–Crippen LogP) is 3.65. The molecule has 0 amide bonds. The summed E-state index contributed by atoms with van der Waals surface area (Å²) in [6, 6.07) is 7.29. The average molecular weight is 344 g/mol. The molecule has 0 unspecified atom stereocenters. The number of rotatable bonds is 6. The molecule has 6 nitrogen and oxygen atoms in total. The van der Waals surface area contributed by atoms with Crippen LogP contribution in [0.4, 0.5) is 0 Å². The SMILES string of the molecule is COc1cc(C)ccc1OC(=O)CCc1nnc(-c2ccsc2)o1. The second-order valence-electron chi connectivity index (χ2n) is 5.14. The van der Waals surface area contributed by atoms with Crippen molar-refractivity contribution in [3.8, 4) is 23.0 Å². The summed E-state index contributed by atoms with van der Waals surface area (Å²) in [6.45, 7) is 1.94. The smallest absolute Gasteiger partial charge is 0.311 e. The Hall–Kier alpha value is -2.67. The van der Waals surface area contributed by atoms with Crippen LogP contribution in [0.15, 0.2) is 39.4 Å². The van der Waals surface area contributed by atoms with Crippen molar-refractivity contribution in [2.75, 3.05) is 7.11 Å². The van der Waals surface area contributed by atoms with Crippen molar-refractivity contribution in [1.82, 2.24) is 10.2 Å². The van der Waals surface area contributed by atoms with Crippen LogP contribution in [0.3, 0.4) is 0 Å². The van der Waals surface area contributed by atoms with Crippen LogP contribution in [-0.4, -0.2) is 23.3 Å². The van der Waals surface area contributed by atoms with Gasteiger partial charge in [0.25, 0.3) is 0 Å². The number of hydrogen-bond acceptors (Lipinski definition) is 7. The van der Waals surface area contributed by atoms with Crippen LogP contribution < -0.4 is 9.47 Å². The highest BCUT2D eigenvalue weighted by atomic mass is 32.1. The Balaban J connectivity index is 1.58. The number of methoxy groups -OCH3 is 1. The molecule has 1 aromatic carbocycles. The number of thiophene rings is 1. The summed E-state index contributed by atoms with van der Waals surface area (Å²) in [5.41, 5.74) is 1.91. The number of hydrogen-bond donors (Lipinski definition) is 0. The van der Waals surface area contributed by atoms with Crippen molar-refractivity contribution in [2.24, 2.45) is 0 Å². The van der Waals surface area contributed by atoms with Crippen LogP contribution in [-0.2, 0) is 11.2 Å². The van der Waals surface area contributed by atoms with Gasteiger partial charge in [0, 0.05) is 17.4 Å². The lowest BCUT2D eigenvalue weighted by molar-refractivity contribution is -0.134. The summed E-state index contributed by atoms with van der Waals surface area (Å²) in [5.74, 6) is 1.41. The van der Waals surface area contributed by atoms with Crippen molar-refractivity contribution in [2.45, 2.75) is 19.8 Å². The molecule has 0 atom stereocenters.